The zero-order chi connectivity index (χ0) is 31.9. The van der Waals surface area contributed by atoms with Crippen LogP contribution in [0.1, 0.15) is 0 Å². The van der Waals surface area contributed by atoms with Crippen molar-refractivity contribution in [2.75, 3.05) is 0 Å². The summed E-state index contributed by atoms with van der Waals surface area (Å²) in [4.78, 5) is 20.8. The Balaban J connectivity index is 1.29. The van der Waals surface area contributed by atoms with Crippen LogP contribution in [0.15, 0.2) is 170 Å². The van der Waals surface area contributed by atoms with Crippen LogP contribution >= 0.6 is 0 Å². The second-order valence-corrected chi connectivity index (χ2v) is 11.9. The van der Waals surface area contributed by atoms with Gasteiger partial charge in [-0.1, -0.05) is 152 Å². The fraction of sp³-hybridized carbons (Fsp3) is 0. The van der Waals surface area contributed by atoms with Crippen LogP contribution in [0.4, 0.5) is 0 Å². The summed E-state index contributed by atoms with van der Waals surface area (Å²) >= 11 is 0. The molecule has 3 aromatic heterocycles. The topological polar surface area (TPSA) is 51.6 Å². The molecule has 9 rings (SSSR count). The molecule has 4 heteroatoms. The molecule has 0 spiro atoms. The van der Waals surface area contributed by atoms with Crippen molar-refractivity contribution >= 4 is 32.6 Å². The summed E-state index contributed by atoms with van der Waals surface area (Å²) < 4.78 is 0. The Labute approximate surface area is 278 Å². The van der Waals surface area contributed by atoms with Gasteiger partial charge in [0.1, 0.15) is 0 Å². The van der Waals surface area contributed by atoms with E-state index in [1.807, 2.05) is 48.5 Å². The van der Waals surface area contributed by atoms with Crippen molar-refractivity contribution in [3.8, 4) is 56.4 Å². The molecule has 0 N–H and O–H groups in total. The van der Waals surface area contributed by atoms with Gasteiger partial charge >= 0.3 is 0 Å². The summed E-state index contributed by atoms with van der Waals surface area (Å²) in [6.45, 7) is 0. The number of rotatable bonds is 5. The second-order valence-electron chi connectivity index (χ2n) is 11.9. The van der Waals surface area contributed by atoms with Crippen molar-refractivity contribution in [2.24, 2.45) is 0 Å². The zero-order valence-corrected chi connectivity index (χ0v) is 26.0. The molecule has 224 valence electrons. The average Bonchev–Trinajstić information content (AvgIpc) is 3.18. The van der Waals surface area contributed by atoms with Crippen molar-refractivity contribution < 1.29 is 0 Å². The van der Waals surface area contributed by atoms with Crippen LogP contribution in [0.3, 0.4) is 0 Å². The van der Waals surface area contributed by atoms with Gasteiger partial charge in [0.25, 0.3) is 0 Å². The first kappa shape index (κ1) is 27.8. The van der Waals surface area contributed by atoms with E-state index in [1.54, 1.807) is 0 Å². The Kier molecular flexibility index (Phi) is 6.76. The highest BCUT2D eigenvalue weighted by molar-refractivity contribution is 6.20. The van der Waals surface area contributed by atoms with E-state index in [0.29, 0.717) is 5.82 Å². The minimum Gasteiger partial charge on any atom is -0.247 e. The molecular formula is C44H28N4. The third kappa shape index (κ3) is 4.97. The number of pyridine rings is 2. The molecule has 3 heterocycles. The van der Waals surface area contributed by atoms with Crippen molar-refractivity contribution in [3.63, 3.8) is 0 Å². The number of benzene rings is 6. The molecule has 0 saturated heterocycles. The lowest BCUT2D eigenvalue weighted by atomic mass is 9.96. The summed E-state index contributed by atoms with van der Waals surface area (Å²) in [5, 5.41) is 4.30. The molecule has 0 bridgehead atoms. The predicted octanol–water partition coefficient (Wildman–Crippen LogP) is 11.1. The highest BCUT2D eigenvalue weighted by atomic mass is 14.9. The molecule has 9 aromatic rings. The van der Waals surface area contributed by atoms with E-state index in [9.17, 15) is 0 Å². The molecule has 0 aliphatic rings. The molecule has 0 radical (unpaired) electrons. The van der Waals surface area contributed by atoms with Crippen LogP contribution in [0.25, 0.3) is 89.0 Å². The minimum atomic E-state index is 0.660. The van der Waals surface area contributed by atoms with E-state index in [-0.39, 0.29) is 0 Å². The molecular weight excluding hydrogens is 585 g/mol. The van der Waals surface area contributed by atoms with Crippen molar-refractivity contribution in [1.82, 2.24) is 19.9 Å². The monoisotopic (exact) mass is 612 g/mol. The fourth-order valence-electron chi connectivity index (χ4n) is 6.48. The molecule has 0 saturated carbocycles. The lowest BCUT2D eigenvalue weighted by Crippen LogP contribution is -1.97. The molecule has 0 aliphatic heterocycles. The van der Waals surface area contributed by atoms with Gasteiger partial charge in [-0.25, -0.2) is 19.9 Å². The molecule has 6 aromatic carbocycles. The highest BCUT2D eigenvalue weighted by Gasteiger charge is 2.17. The van der Waals surface area contributed by atoms with E-state index < -0.39 is 0 Å². The summed E-state index contributed by atoms with van der Waals surface area (Å²) in [6.07, 6.45) is 0. The Morgan fingerprint density at radius 3 is 1.46 bits per heavy atom. The van der Waals surface area contributed by atoms with Crippen LogP contribution in [0, 0.1) is 0 Å². The highest BCUT2D eigenvalue weighted by Crippen LogP contribution is 2.38. The molecule has 0 fully saturated rings. The van der Waals surface area contributed by atoms with Gasteiger partial charge in [-0.3, -0.25) is 0 Å². The van der Waals surface area contributed by atoms with Crippen molar-refractivity contribution in [1.29, 1.82) is 0 Å². The van der Waals surface area contributed by atoms with E-state index in [1.165, 1.54) is 0 Å². The molecule has 48 heavy (non-hydrogen) atoms. The first-order valence-corrected chi connectivity index (χ1v) is 16.1. The molecule has 0 aliphatic carbocycles. The molecule has 0 amide bonds. The summed E-state index contributed by atoms with van der Waals surface area (Å²) in [5.74, 6) is 0.660. The van der Waals surface area contributed by atoms with Crippen molar-refractivity contribution in [3.05, 3.63) is 170 Å². The Bertz CT molecular complexity index is 2530. The largest absolute Gasteiger partial charge is 0.247 e. The van der Waals surface area contributed by atoms with Gasteiger partial charge in [0.15, 0.2) is 5.82 Å². The molecule has 0 unspecified atom stereocenters. The predicted molar refractivity (Wildman–Crippen MR) is 197 cm³/mol. The SMILES string of the molecule is c1ccc(-c2cc(-c3ccccc3)nc(-c3ccc4c(c3)nc(-c3ccccc3)c3c4ccc4ccc(-c5ccccc5)nc43)n2)cc1. The standard InChI is InChI=1S/C44H28N4/c1-5-13-29(14-6-1)37-26-23-33-21-25-36-35-24-22-34(27-40(35)46-42(41(36)43(33)45-37)32-19-11-4-12-20-32)44-47-38(30-15-7-2-8-16-30)28-39(48-44)31-17-9-3-10-18-31/h1-28H. The lowest BCUT2D eigenvalue weighted by molar-refractivity contribution is 1.18. The number of aromatic nitrogens is 4. The third-order valence-electron chi connectivity index (χ3n) is 8.86. The van der Waals surface area contributed by atoms with Gasteiger partial charge in [0, 0.05) is 44.0 Å². The maximum atomic E-state index is 5.38. The smallest absolute Gasteiger partial charge is 0.160 e. The van der Waals surface area contributed by atoms with Gasteiger partial charge in [-0.15, -0.1) is 0 Å². The quantitative estimate of drug-likeness (QED) is 0.181. The number of hydrogen-bond donors (Lipinski definition) is 0. The van der Waals surface area contributed by atoms with Crippen LogP contribution < -0.4 is 0 Å². The lowest BCUT2D eigenvalue weighted by Gasteiger charge is -2.14. The van der Waals surface area contributed by atoms with Crippen LogP contribution in [0.2, 0.25) is 0 Å². The fourth-order valence-corrected chi connectivity index (χ4v) is 6.48. The minimum absolute atomic E-state index is 0.660. The van der Waals surface area contributed by atoms with Crippen LogP contribution in [-0.4, -0.2) is 19.9 Å². The normalized spacial score (nSPS) is 11.3. The molecule has 4 nitrogen and oxygen atoms in total. The van der Waals surface area contributed by atoms with Gasteiger partial charge in [0.05, 0.1) is 33.8 Å². The van der Waals surface area contributed by atoms with Crippen molar-refractivity contribution in [2.45, 2.75) is 0 Å². The van der Waals surface area contributed by atoms with E-state index in [4.69, 9.17) is 19.9 Å². The zero-order valence-electron chi connectivity index (χ0n) is 26.0. The van der Waals surface area contributed by atoms with Crippen LogP contribution in [0.5, 0.6) is 0 Å². The van der Waals surface area contributed by atoms with Crippen LogP contribution in [-0.2, 0) is 0 Å². The average molecular weight is 613 g/mol. The third-order valence-corrected chi connectivity index (χ3v) is 8.86. The summed E-state index contributed by atoms with van der Waals surface area (Å²) in [5.41, 5.74) is 10.6. The number of nitrogens with zero attached hydrogens (tertiary/aromatic N) is 4. The van der Waals surface area contributed by atoms with Gasteiger partial charge < -0.3 is 0 Å². The first-order valence-electron chi connectivity index (χ1n) is 16.1. The van der Waals surface area contributed by atoms with Gasteiger partial charge in [-0.2, -0.15) is 0 Å². The summed E-state index contributed by atoms with van der Waals surface area (Å²) in [7, 11) is 0. The number of hydrogen-bond acceptors (Lipinski definition) is 4. The maximum Gasteiger partial charge on any atom is 0.160 e. The Morgan fingerprint density at radius 2 is 0.854 bits per heavy atom. The van der Waals surface area contributed by atoms with E-state index in [2.05, 4.69) is 121 Å². The van der Waals surface area contributed by atoms with Gasteiger partial charge in [0.2, 0.25) is 0 Å². The van der Waals surface area contributed by atoms with E-state index >= 15 is 0 Å². The Hall–Kier alpha value is -6.52. The molecule has 0 atom stereocenters. The second kappa shape index (κ2) is 11.7. The summed E-state index contributed by atoms with van der Waals surface area (Å²) in [6, 6.07) is 58.4. The maximum absolute atomic E-state index is 5.38. The van der Waals surface area contributed by atoms with E-state index in [0.717, 1.165) is 83.2 Å². The first-order chi connectivity index (χ1) is 23.8. The Morgan fingerprint density at radius 1 is 0.333 bits per heavy atom. The van der Waals surface area contributed by atoms with Gasteiger partial charge in [-0.05, 0) is 23.6 Å². The number of fused-ring (bicyclic) bond motifs is 5.